The van der Waals surface area contributed by atoms with E-state index in [1.165, 1.54) is 89.9 Å². The summed E-state index contributed by atoms with van der Waals surface area (Å²) >= 11 is 0. The first kappa shape index (κ1) is 20.8. The summed E-state index contributed by atoms with van der Waals surface area (Å²) in [7, 11) is 0. The van der Waals surface area contributed by atoms with Crippen LogP contribution in [-0.4, -0.2) is 0 Å². The van der Waals surface area contributed by atoms with E-state index >= 15 is 0 Å². The Balaban J connectivity index is 1.75. The van der Waals surface area contributed by atoms with E-state index in [4.69, 9.17) is 4.42 Å². The Morgan fingerprint density at radius 3 is 1.79 bits per heavy atom. The molecule has 0 saturated heterocycles. The van der Waals surface area contributed by atoms with Crippen molar-refractivity contribution in [2.24, 2.45) is 0 Å². The van der Waals surface area contributed by atoms with E-state index in [2.05, 4.69) is 31.2 Å². The molecule has 0 fully saturated rings. The van der Waals surface area contributed by atoms with Crippen LogP contribution in [-0.2, 0) is 0 Å². The smallest absolute Gasteiger partial charge is 0.126 e. The molecule has 0 aliphatic heterocycles. The van der Waals surface area contributed by atoms with E-state index in [1.807, 2.05) is 12.1 Å². The van der Waals surface area contributed by atoms with Gasteiger partial charge in [0.15, 0.2) is 0 Å². The maximum atomic E-state index is 5.27. The quantitative estimate of drug-likeness (QED) is 0.219. The van der Waals surface area contributed by atoms with Crippen molar-refractivity contribution >= 4 is 6.08 Å². The maximum absolute atomic E-state index is 5.27. The van der Waals surface area contributed by atoms with Crippen LogP contribution in [0.3, 0.4) is 0 Å². The zero-order chi connectivity index (χ0) is 17.1. The molecule has 1 heterocycles. The molecule has 0 atom stereocenters. The average molecular weight is 331 g/mol. The summed E-state index contributed by atoms with van der Waals surface area (Å²) < 4.78 is 5.27. The third-order valence-corrected chi connectivity index (χ3v) is 4.46. The highest BCUT2D eigenvalue weighted by Crippen LogP contribution is 2.11. The average Bonchev–Trinajstić information content (AvgIpc) is 3.11. The van der Waals surface area contributed by atoms with E-state index in [0.29, 0.717) is 0 Å². The molecule has 0 bridgehead atoms. The molecule has 0 unspecified atom stereocenters. The first-order chi connectivity index (χ1) is 11.9. The highest BCUT2D eigenvalue weighted by molar-refractivity contribution is 5.41. The summed E-state index contributed by atoms with van der Waals surface area (Å²) in [4.78, 5) is 0. The van der Waals surface area contributed by atoms with Gasteiger partial charge in [0.2, 0.25) is 0 Å². The molecule has 0 aliphatic carbocycles. The minimum Gasteiger partial charge on any atom is -0.465 e. The fourth-order valence-electron chi connectivity index (χ4n) is 2.92. The zero-order valence-corrected chi connectivity index (χ0v) is 15.8. The molecule has 136 valence electrons. The number of rotatable bonds is 16. The molecular formula is C23H38O. The topological polar surface area (TPSA) is 13.1 Å². The van der Waals surface area contributed by atoms with Crippen LogP contribution in [0.5, 0.6) is 0 Å². The van der Waals surface area contributed by atoms with Crippen LogP contribution in [0.4, 0.5) is 0 Å². The minimum atomic E-state index is 0.963. The van der Waals surface area contributed by atoms with Gasteiger partial charge >= 0.3 is 0 Å². The van der Waals surface area contributed by atoms with E-state index in [1.54, 1.807) is 6.26 Å². The predicted octanol–water partition coefficient (Wildman–Crippen LogP) is 8.33. The van der Waals surface area contributed by atoms with Crippen LogP contribution in [0.15, 0.2) is 41.0 Å². The van der Waals surface area contributed by atoms with E-state index in [9.17, 15) is 0 Å². The van der Waals surface area contributed by atoms with Gasteiger partial charge in [-0.1, -0.05) is 76.5 Å². The van der Waals surface area contributed by atoms with Gasteiger partial charge in [-0.25, -0.2) is 0 Å². The Morgan fingerprint density at radius 2 is 1.25 bits per heavy atom. The molecule has 1 heteroatoms. The summed E-state index contributed by atoms with van der Waals surface area (Å²) in [5.41, 5.74) is 0. The highest BCUT2D eigenvalue weighted by Gasteiger charge is 1.92. The fraction of sp³-hybridized carbons (Fsp3) is 0.652. The van der Waals surface area contributed by atoms with E-state index in [-0.39, 0.29) is 0 Å². The zero-order valence-electron chi connectivity index (χ0n) is 15.8. The van der Waals surface area contributed by atoms with Crippen LogP contribution in [0.2, 0.25) is 0 Å². The lowest BCUT2D eigenvalue weighted by Crippen LogP contribution is -1.80. The number of hydrogen-bond acceptors (Lipinski definition) is 1. The van der Waals surface area contributed by atoms with Gasteiger partial charge < -0.3 is 4.42 Å². The van der Waals surface area contributed by atoms with Gasteiger partial charge in [-0.15, -0.1) is 0 Å². The van der Waals surface area contributed by atoms with Gasteiger partial charge in [0.25, 0.3) is 0 Å². The van der Waals surface area contributed by atoms with E-state index in [0.717, 1.165) is 5.76 Å². The lowest BCUT2D eigenvalue weighted by molar-refractivity contribution is 0.556. The molecule has 1 aromatic rings. The predicted molar refractivity (Wildman–Crippen MR) is 107 cm³/mol. The van der Waals surface area contributed by atoms with Gasteiger partial charge in [0.05, 0.1) is 6.26 Å². The van der Waals surface area contributed by atoms with Crippen LogP contribution in [0.25, 0.3) is 6.08 Å². The van der Waals surface area contributed by atoms with Crippen molar-refractivity contribution < 1.29 is 4.42 Å². The Kier molecular flexibility index (Phi) is 14.4. The van der Waals surface area contributed by atoms with Crippen LogP contribution >= 0.6 is 0 Å². The van der Waals surface area contributed by atoms with Crippen molar-refractivity contribution in [3.63, 3.8) is 0 Å². The monoisotopic (exact) mass is 330 g/mol. The second-order valence-corrected chi connectivity index (χ2v) is 6.79. The lowest BCUT2D eigenvalue weighted by Gasteiger charge is -2.00. The standard InChI is InChI=1S/C23H38O/c1-2-3-4-5-6-7-8-9-10-11-12-13-14-15-16-17-18-20-23-21-19-22-24-23/h7-8,18-22H,2-6,9-17H2,1H3/b8-7+,20-18+. The number of unbranched alkanes of at least 4 members (excludes halogenated alkanes) is 12. The van der Waals surface area contributed by atoms with Crippen molar-refractivity contribution in [3.8, 4) is 0 Å². The SMILES string of the molecule is CCCCCC/C=C/CCCCCCCCC/C=C/c1ccco1. The summed E-state index contributed by atoms with van der Waals surface area (Å²) in [6.45, 7) is 2.27. The number of allylic oxidation sites excluding steroid dienone is 3. The molecule has 0 radical (unpaired) electrons. The highest BCUT2D eigenvalue weighted by atomic mass is 16.3. The molecule has 0 amide bonds. The van der Waals surface area contributed by atoms with Gasteiger partial charge in [0, 0.05) is 0 Å². The molecule has 0 aromatic carbocycles. The lowest BCUT2D eigenvalue weighted by atomic mass is 10.1. The molecule has 0 saturated carbocycles. The van der Waals surface area contributed by atoms with Crippen LogP contribution in [0.1, 0.15) is 103 Å². The van der Waals surface area contributed by atoms with Crippen molar-refractivity contribution in [1.29, 1.82) is 0 Å². The Bertz CT molecular complexity index is 400. The molecule has 0 aliphatic rings. The molecule has 0 N–H and O–H groups in total. The van der Waals surface area contributed by atoms with Crippen LogP contribution in [0, 0.1) is 0 Å². The second-order valence-electron chi connectivity index (χ2n) is 6.79. The van der Waals surface area contributed by atoms with Gasteiger partial charge in [0.1, 0.15) is 5.76 Å². The largest absolute Gasteiger partial charge is 0.465 e. The van der Waals surface area contributed by atoms with Gasteiger partial charge in [-0.2, -0.15) is 0 Å². The van der Waals surface area contributed by atoms with E-state index < -0.39 is 0 Å². The Morgan fingerprint density at radius 1 is 0.708 bits per heavy atom. The number of hydrogen-bond donors (Lipinski definition) is 0. The first-order valence-corrected chi connectivity index (χ1v) is 10.3. The first-order valence-electron chi connectivity index (χ1n) is 10.3. The van der Waals surface area contributed by atoms with Crippen molar-refractivity contribution in [2.45, 2.75) is 96.8 Å². The number of furan rings is 1. The molecule has 1 aromatic heterocycles. The van der Waals surface area contributed by atoms with Gasteiger partial charge in [-0.3, -0.25) is 0 Å². The molecule has 24 heavy (non-hydrogen) atoms. The van der Waals surface area contributed by atoms with Gasteiger partial charge in [-0.05, 0) is 56.7 Å². The molecule has 1 nitrogen and oxygen atoms in total. The second kappa shape index (κ2) is 16.6. The normalized spacial score (nSPS) is 11.9. The third-order valence-electron chi connectivity index (χ3n) is 4.46. The fourth-order valence-corrected chi connectivity index (χ4v) is 2.92. The Labute approximate surface area is 150 Å². The third kappa shape index (κ3) is 13.2. The summed E-state index contributed by atoms with van der Waals surface area (Å²) in [5, 5.41) is 0. The summed E-state index contributed by atoms with van der Waals surface area (Å²) in [6, 6.07) is 3.93. The molecule has 0 spiro atoms. The van der Waals surface area contributed by atoms with Crippen molar-refractivity contribution in [2.75, 3.05) is 0 Å². The Hall–Kier alpha value is -1.24. The summed E-state index contributed by atoms with van der Waals surface area (Å²) in [5.74, 6) is 0.963. The minimum absolute atomic E-state index is 0.963. The van der Waals surface area contributed by atoms with Crippen molar-refractivity contribution in [1.82, 2.24) is 0 Å². The maximum Gasteiger partial charge on any atom is 0.126 e. The molecule has 1 rings (SSSR count). The molecular weight excluding hydrogens is 292 g/mol. The van der Waals surface area contributed by atoms with Crippen molar-refractivity contribution in [3.05, 3.63) is 42.4 Å². The van der Waals surface area contributed by atoms with Crippen LogP contribution < -0.4 is 0 Å². The summed E-state index contributed by atoms with van der Waals surface area (Å²) in [6.07, 6.45) is 29.7.